The maximum atomic E-state index is 13.7. The number of carbonyl (C=O) groups excluding carboxylic acids is 1. The Labute approximate surface area is 108 Å². The zero-order chi connectivity index (χ0) is 14.0. The fraction of sp³-hybridized carbons (Fsp3) is 0.154. The monoisotopic (exact) mass is 259 g/mol. The van der Waals surface area contributed by atoms with E-state index in [9.17, 15) is 9.18 Å². The van der Waals surface area contributed by atoms with Crippen LogP contribution in [0.2, 0.25) is 0 Å². The Morgan fingerprint density at radius 3 is 2.84 bits per heavy atom. The van der Waals surface area contributed by atoms with Gasteiger partial charge in [-0.05, 0) is 25.1 Å². The lowest BCUT2D eigenvalue weighted by atomic mass is 10.2. The van der Waals surface area contributed by atoms with E-state index < -0.39 is 5.82 Å². The fourth-order valence-electron chi connectivity index (χ4n) is 1.67. The average Bonchev–Trinajstić information content (AvgIpc) is 2.66. The minimum absolute atomic E-state index is 0.0647. The Morgan fingerprint density at radius 1 is 1.53 bits per heavy atom. The van der Waals surface area contributed by atoms with Crippen molar-refractivity contribution in [3.05, 3.63) is 40.8 Å². The molecule has 0 fully saturated rings. The molecule has 5 nitrogen and oxygen atoms in total. The summed E-state index contributed by atoms with van der Waals surface area (Å²) in [5.41, 5.74) is 0.967. The lowest BCUT2D eigenvalue weighted by Gasteiger charge is -2.07. The van der Waals surface area contributed by atoms with Gasteiger partial charge in [0.2, 0.25) is 5.88 Å². The summed E-state index contributed by atoms with van der Waals surface area (Å²) in [6, 6.07) is 5.67. The molecule has 0 aliphatic carbocycles. The third-order valence-corrected chi connectivity index (χ3v) is 2.60. The second kappa shape index (κ2) is 4.90. The van der Waals surface area contributed by atoms with E-state index in [4.69, 9.17) is 10.00 Å². The molecule has 1 aromatic heterocycles. The molecule has 2 rings (SSSR count). The molecule has 0 atom stereocenters. The van der Waals surface area contributed by atoms with Gasteiger partial charge in [0.1, 0.15) is 0 Å². The van der Waals surface area contributed by atoms with Crippen LogP contribution >= 0.6 is 0 Å². The molecule has 0 amide bonds. The molecule has 96 valence electrons. The van der Waals surface area contributed by atoms with Crippen LogP contribution in [0.15, 0.2) is 18.2 Å². The smallest absolute Gasteiger partial charge is 0.228 e. The number of ether oxygens (including phenoxy) is 1. The molecular formula is C13H10FN3O2. The number of nitriles is 1. The molecular weight excluding hydrogens is 249 g/mol. The molecule has 0 bridgehead atoms. The third kappa shape index (κ3) is 2.31. The van der Waals surface area contributed by atoms with Crippen molar-refractivity contribution in [2.24, 2.45) is 7.05 Å². The number of hydrogen-bond donors (Lipinski definition) is 0. The maximum Gasteiger partial charge on any atom is 0.228 e. The molecule has 0 saturated carbocycles. The molecule has 0 saturated heterocycles. The van der Waals surface area contributed by atoms with Gasteiger partial charge >= 0.3 is 0 Å². The average molecular weight is 259 g/mol. The number of carbonyl (C=O) groups is 1. The number of halogens is 1. The molecule has 19 heavy (non-hydrogen) atoms. The fourth-order valence-corrected chi connectivity index (χ4v) is 1.67. The van der Waals surface area contributed by atoms with Crippen molar-refractivity contribution in [2.45, 2.75) is 6.92 Å². The van der Waals surface area contributed by atoms with Crippen molar-refractivity contribution in [3.63, 3.8) is 0 Å². The largest absolute Gasteiger partial charge is 0.435 e. The predicted molar refractivity (Wildman–Crippen MR) is 64.5 cm³/mol. The summed E-state index contributed by atoms with van der Waals surface area (Å²) >= 11 is 0. The van der Waals surface area contributed by atoms with Gasteiger partial charge in [-0.3, -0.25) is 4.79 Å². The number of benzene rings is 1. The second-order valence-corrected chi connectivity index (χ2v) is 3.90. The normalized spacial score (nSPS) is 10.0. The summed E-state index contributed by atoms with van der Waals surface area (Å²) in [7, 11) is 1.59. The number of aryl methyl sites for hydroxylation is 2. The van der Waals surface area contributed by atoms with E-state index in [1.807, 2.05) is 6.07 Å². The Morgan fingerprint density at radius 2 is 2.26 bits per heavy atom. The van der Waals surface area contributed by atoms with Crippen LogP contribution in [0.25, 0.3) is 0 Å². The Bertz CT molecular complexity index is 686. The summed E-state index contributed by atoms with van der Waals surface area (Å²) in [5, 5.41) is 12.7. The number of rotatable bonds is 3. The van der Waals surface area contributed by atoms with Crippen LogP contribution in [0.5, 0.6) is 11.6 Å². The van der Waals surface area contributed by atoms with Crippen molar-refractivity contribution < 1.29 is 13.9 Å². The molecule has 6 heteroatoms. The minimum Gasteiger partial charge on any atom is -0.435 e. The molecule has 1 aromatic carbocycles. The van der Waals surface area contributed by atoms with Gasteiger partial charge in [0.15, 0.2) is 17.9 Å². The highest BCUT2D eigenvalue weighted by molar-refractivity contribution is 5.80. The molecule has 0 radical (unpaired) electrons. The van der Waals surface area contributed by atoms with Gasteiger partial charge in [-0.1, -0.05) is 0 Å². The third-order valence-electron chi connectivity index (χ3n) is 2.60. The first-order valence-corrected chi connectivity index (χ1v) is 5.43. The van der Waals surface area contributed by atoms with Crippen molar-refractivity contribution in [3.8, 4) is 17.7 Å². The van der Waals surface area contributed by atoms with E-state index in [1.54, 1.807) is 14.0 Å². The van der Waals surface area contributed by atoms with Crippen LogP contribution in [-0.4, -0.2) is 16.1 Å². The molecule has 0 N–H and O–H groups in total. The van der Waals surface area contributed by atoms with Crippen molar-refractivity contribution in [2.75, 3.05) is 0 Å². The zero-order valence-electron chi connectivity index (χ0n) is 10.3. The molecule has 0 aliphatic heterocycles. The van der Waals surface area contributed by atoms with E-state index in [2.05, 4.69) is 5.10 Å². The summed E-state index contributed by atoms with van der Waals surface area (Å²) in [4.78, 5) is 11.0. The van der Waals surface area contributed by atoms with Gasteiger partial charge in [0.05, 0.1) is 22.9 Å². The molecule has 0 unspecified atom stereocenters. The number of aldehydes is 1. The van der Waals surface area contributed by atoms with Crippen LogP contribution in [0.1, 0.15) is 21.6 Å². The predicted octanol–water partition coefficient (Wildman–Crippen LogP) is 2.34. The summed E-state index contributed by atoms with van der Waals surface area (Å²) in [5.74, 6) is -0.573. The van der Waals surface area contributed by atoms with Crippen LogP contribution < -0.4 is 4.74 Å². The van der Waals surface area contributed by atoms with Crippen LogP contribution in [0.3, 0.4) is 0 Å². The standard InChI is InChI=1S/C13H10FN3O2/c1-8-10(7-18)13(17(2)16-8)19-12-4-3-9(6-15)5-11(12)14/h3-5,7H,1-2H3. The first kappa shape index (κ1) is 12.8. The molecule has 2 aromatic rings. The lowest BCUT2D eigenvalue weighted by molar-refractivity contribution is 0.112. The second-order valence-electron chi connectivity index (χ2n) is 3.90. The van der Waals surface area contributed by atoms with Crippen LogP contribution in [-0.2, 0) is 7.05 Å². The highest BCUT2D eigenvalue weighted by atomic mass is 19.1. The van der Waals surface area contributed by atoms with Gasteiger partial charge in [0, 0.05) is 7.05 Å². The Hall–Kier alpha value is -2.68. The van der Waals surface area contributed by atoms with Gasteiger partial charge in [-0.25, -0.2) is 9.07 Å². The molecule has 0 aliphatic rings. The number of hydrogen-bond acceptors (Lipinski definition) is 4. The van der Waals surface area contributed by atoms with E-state index in [1.165, 1.54) is 16.8 Å². The SMILES string of the molecule is Cc1nn(C)c(Oc2ccc(C#N)cc2F)c1C=O. The van der Waals surface area contributed by atoms with Gasteiger partial charge in [-0.2, -0.15) is 10.4 Å². The van der Waals surface area contributed by atoms with Crippen molar-refractivity contribution in [1.29, 1.82) is 5.26 Å². The lowest BCUT2D eigenvalue weighted by Crippen LogP contribution is -1.98. The zero-order valence-corrected chi connectivity index (χ0v) is 10.3. The van der Waals surface area contributed by atoms with Crippen LogP contribution in [0, 0.1) is 24.1 Å². The molecule has 1 heterocycles. The number of aromatic nitrogens is 2. The van der Waals surface area contributed by atoms with Crippen molar-refractivity contribution in [1.82, 2.24) is 9.78 Å². The van der Waals surface area contributed by atoms with Gasteiger partial charge in [-0.15, -0.1) is 0 Å². The number of nitrogens with zero attached hydrogens (tertiary/aromatic N) is 3. The van der Waals surface area contributed by atoms with Gasteiger partial charge < -0.3 is 4.74 Å². The minimum atomic E-state index is -0.672. The Balaban J connectivity index is 2.42. The van der Waals surface area contributed by atoms with Crippen LogP contribution in [0.4, 0.5) is 4.39 Å². The summed E-state index contributed by atoms with van der Waals surface area (Å²) < 4.78 is 20.4. The van der Waals surface area contributed by atoms with Crippen molar-refractivity contribution >= 4 is 6.29 Å². The van der Waals surface area contributed by atoms with Gasteiger partial charge in [0.25, 0.3) is 0 Å². The molecule has 0 spiro atoms. The summed E-state index contributed by atoms with van der Waals surface area (Å²) in [6.07, 6.45) is 0.610. The maximum absolute atomic E-state index is 13.7. The van der Waals surface area contributed by atoms with E-state index in [0.29, 0.717) is 12.0 Å². The topological polar surface area (TPSA) is 67.9 Å². The van der Waals surface area contributed by atoms with E-state index in [0.717, 1.165) is 6.07 Å². The Kier molecular flexibility index (Phi) is 3.29. The van der Waals surface area contributed by atoms with E-state index >= 15 is 0 Å². The first-order valence-electron chi connectivity index (χ1n) is 5.43. The first-order chi connectivity index (χ1) is 9.06. The highest BCUT2D eigenvalue weighted by Crippen LogP contribution is 2.28. The van der Waals surface area contributed by atoms with E-state index in [-0.39, 0.29) is 22.8 Å². The highest BCUT2D eigenvalue weighted by Gasteiger charge is 2.16. The summed E-state index contributed by atoms with van der Waals surface area (Å²) in [6.45, 7) is 1.66. The quantitative estimate of drug-likeness (QED) is 0.793.